The molecule has 18 heavy (non-hydrogen) atoms. The molecule has 0 amide bonds. The highest BCUT2D eigenvalue weighted by Gasteiger charge is 2.27. The number of hydrogen-bond donors (Lipinski definition) is 2. The summed E-state index contributed by atoms with van der Waals surface area (Å²) in [5.74, 6) is 0. The molecule has 104 valence electrons. The largest absolute Gasteiger partial charge is 0.315 e. The lowest BCUT2D eigenvalue weighted by molar-refractivity contribution is 0.439. The first-order valence-electron chi connectivity index (χ1n) is 5.99. The van der Waals surface area contributed by atoms with E-state index >= 15 is 0 Å². The molecule has 2 N–H and O–H groups in total. The highest BCUT2D eigenvalue weighted by Crippen LogP contribution is 2.26. The van der Waals surface area contributed by atoms with Crippen LogP contribution in [0.2, 0.25) is 0 Å². The zero-order chi connectivity index (χ0) is 14.0. The zero-order valence-corrected chi connectivity index (χ0v) is 13.3. The molecule has 0 atom stereocenters. The van der Waals surface area contributed by atoms with Gasteiger partial charge in [0.1, 0.15) is 0 Å². The summed E-state index contributed by atoms with van der Waals surface area (Å²) >= 11 is 1.52. The molecule has 0 fully saturated rings. The molecule has 1 aromatic rings. The topological polar surface area (TPSA) is 58.2 Å². The van der Waals surface area contributed by atoms with Gasteiger partial charge in [0.15, 0.2) is 0 Å². The fourth-order valence-electron chi connectivity index (χ4n) is 1.54. The summed E-state index contributed by atoms with van der Waals surface area (Å²) in [5.41, 5.74) is -0.420. The van der Waals surface area contributed by atoms with Crippen LogP contribution in [0.5, 0.6) is 0 Å². The van der Waals surface area contributed by atoms with Crippen molar-refractivity contribution in [3.63, 3.8) is 0 Å². The van der Waals surface area contributed by atoms with Gasteiger partial charge in [0.25, 0.3) is 0 Å². The second-order valence-corrected chi connectivity index (χ2v) is 8.00. The fraction of sp³-hybridized carbons (Fsp3) is 0.667. The number of nitrogens with one attached hydrogen (secondary N) is 2. The molecule has 1 rings (SSSR count). The average Bonchev–Trinajstić information content (AvgIpc) is 2.59. The number of sulfonamides is 1. The van der Waals surface area contributed by atoms with Crippen molar-refractivity contribution >= 4 is 21.4 Å². The van der Waals surface area contributed by atoms with Gasteiger partial charge in [0.2, 0.25) is 10.0 Å². The van der Waals surface area contributed by atoms with Gasteiger partial charge in [-0.3, -0.25) is 0 Å². The first kappa shape index (κ1) is 15.6. The Kier molecular flexibility index (Phi) is 4.94. The minimum Gasteiger partial charge on any atom is -0.315 e. The van der Waals surface area contributed by atoms with Gasteiger partial charge in [-0.15, -0.1) is 11.3 Å². The molecule has 0 aliphatic carbocycles. The summed E-state index contributed by atoms with van der Waals surface area (Å²) in [6.45, 7) is 8.28. The molecule has 0 unspecified atom stereocenters. The third kappa shape index (κ3) is 3.78. The maximum absolute atomic E-state index is 12.3. The highest BCUT2D eigenvalue weighted by atomic mass is 32.2. The van der Waals surface area contributed by atoms with E-state index in [1.54, 1.807) is 6.07 Å². The number of hydrogen-bond acceptors (Lipinski definition) is 4. The van der Waals surface area contributed by atoms with Crippen LogP contribution in [-0.2, 0) is 16.6 Å². The molecule has 0 saturated heterocycles. The molecular weight excluding hydrogens is 268 g/mol. The van der Waals surface area contributed by atoms with Crippen molar-refractivity contribution in [3.05, 3.63) is 15.8 Å². The molecule has 0 saturated carbocycles. The zero-order valence-electron chi connectivity index (χ0n) is 11.6. The minimum atomic E-state index is -3.43. The van der Waals surface area contributed by atoms with Crippen LogP contribution in [0.25, 0.3) is 0 Å². The van der Waals surface area contributed by atoms with Gasteiger partial charge in [-0.05, 0) is 40.3 Å². The van der Waals surface area contributed by atoms with E-state index < -0.39 is 15.6 Å². The lowest BCUT2D eigenvalue weighted by Gasteiger charge is -2.24. The normalized spacial score (nSPS) is 12.9. The first-order valence-corrected chi connectivity index (χ1v) is 8.29. The van der Waals surface area contributed by atoms with E-state index in [-0.39, 0.29) is 0 Å². The number of rotatable bonds is 6. The molecule has 0 bridgehead atoms. The van der Waals surface area contributed by atoms with Crippen LogP contribution in [0.4, 0.5) is 0 Å². The number of aryl methyl sites for hydroxylation is 1. The predicted molar refractivity (Wildman–Crippen MR) is 76.5 cm³/mol. The van der Waals surface area contributed by atoms with E-state index in [9.17, 15) is 8.42 Å². The second kappa shape index (κ2) is 5.69. The highest BCUT2D eigenvalue weighted by molar-refractivity contribution is 7.89. The van der Waals surface area contributed by atoms with Gasteiger partial charge in [0.05, 0.1) is 4.90 Å². The van der Waals surface area contributed by atoms with Crippen LogP contribution in [-0.4, -0.2) is 21.0 Å². The van der Waals surface area contributed by atoms with Gasteiger partial charge >= 0.3 is 0 Å². The quantitative estimate of drug-likeness (QED) is 0.845. The fourth-order valence-corrected chi connectivity index (χ4v) is 4.68. The van der Waals surface area contributed by atoms with Crippen molar-refractivity contribution in [1.82, 2.24) is 10.0 Å². The Hall–Kier alpha value is -0.430. The smallest absolute Gasteiger partial charge is 0.242 e. The van der Waals surface area contributed by atoms with E-state index in [0.717, 1.165) is 16.2 Å². The molecule has 0 aliphatic rings. The molecule has 1 heterocycles. The molecule has 0 radical (unpaired) electrons. The van der Waals surface area contributed by atoms with Crippen molar-refractivity contribution in [2.24, 2.45) is 0 Å². The van der Waals surface area contributed by atoms with Gasteiger partial charge in [0, 0.05) is 21.8 Å². The Morgan fingerprint density at radius 3 is 2.50 bits per heavy atom. The maximum atomic E-state index is 12.3. The Labute approximate surface area is 114 Å². The third-order valence-electron chi connectivity index (χ3n) is 2.86. The summed E-state index contributed by atoms with van der Waals surface area (Å²) in [6, 6.07) is 1.75. The molecule has 0 aliphatic heterocycles. The Bertz CT molecular complexity index is 504. The predicted octanol–water partition coefficient (Wildman–Crippen LogP) is 2.24. The second-order valence-electron chi connectivity index (χ2n) is 5.01. The van der Waals surface area contributed by atoms with E-state index in [4.69, 9.17) is 0 Å². The summed E-state index contributed by atoms with van der Waals surface area (Å²) in [6.07, 6.45) is 0.749. The molecule has 6 heteroatoms. The molecular formula is C12H22N2O2S2. The Balaban J connectivity index is 3.05. The van der Waals surface area contributed by atoms with Crippen LogP contribution < -0.4 is 10.0 Å². The number of thiophene rings is 1. The summed E-state index contributed by atoms with van der Waals surface area (Å²) in [5, 5.41) is 3.03. The van der Waals surface area contributed by atoms with Gasteiger partial charge in [-0.1, -0.05) is 6.92 Å². The third-order valence-corrected chi connectivity index (χ3v) is 5.86. The summed E-state index contributed by atoms with van der Waals surface area (Å²) in [4.78, 5) is 2.27. The summed E-state index contributed by atoms with van der Waals surface area (Å²) < 4.78 is 27.4. The van der Waals surface area contributed by atoms with Crippen LogP contribution in [0, 0.1) is 6.92 Å². The van der Waals surface area contributed by atoms with Gasteiger partial charge in [-0.25, -0.2) is 13.1 Å². The van der Waals surface area contributed by atoms with Crippen LogP contribution >= 0.6 is 11.3 Å². The van der Waals surface area contributed by atoms with Crippen LogP contribution in [0.15, 0.2) is 11.0 Å². The van der Waals surface area contributed by atoms with Crippen molar-refractivity contribution in [3.8, 4) is 0 Å². The van der Waals surface area contributed by atoms with Crippen LogP contribution in [0.1, 0.15) is 36.9 Å². The van der Waals surface area contributed by atoms with Gasteiger partial charge in [-0.2, -0.15) is 0 Å². The standard InChI is InChI=1S/C12H22N2O2S2/c1-6-12(3,4)14-18(15,16)11-7-10(8-13-5)17-9(11)2/h7,13-14H,6,8H2,1-5H3. The molecule has 1 aromatic heterocycles. The lowest BCUT2D eigenvalue weighted by atomic mass is 10.0. The lowest BCUT2D eigenvalue weighted by Crippen LogP contribution is -2.42. The van der Waals surface area contributed by atoms with Gasteiger partial charge < -0.3 is 5.32 Å². The summed E-state index contributed by atoms with van der Waals surface area (Å²) in [7, 11) is -1.58. The van der Waals surface area contributed by atoms with Crippen molar-refractivity contribution in [2.75, 3.05) is 7.05 Å². The SMILES string of the molecule is CCC(C)(C)NS(=O)(=O)c1cc(CNC)sc1C. The molecule has 0 aromatic carbocycles. The molecule has 4 nitrogen and oxygen atoms in total. The van der Waals surface area contributed by atoms with E-state index in [0.29, 0.717) is 11.4 Å². The van der Waals surface area contributed by atoms with Crippen molar-refractivity contribution < 1.29 is 8.42 Å². The van der Waals surface area contributed by atoms with Crippen molar-refractivity contribution in [1.29, 1.82) is 0 Å². The van der Waals surface area contributed by atoms with E-state index in [2.05, 4.69) is 10.0 Å². The van der Waals surface area contributed by atoms with E-state index in [1.807, 2.05) is 34.7 Å². The minimum absolute atomic E-state index is 0.402. The van der Waals surface area contributed by atoms with Crippen molar-refractivity contribution in [2.45, 2.75) is 51.1 Å². The van der Waals surface area contributed by atoms with Crippen LogP contribution in [0.3, 0.4) is 0 Å². The first-order chi connectivity index (χ1) is 8.22. The van der Waals surface area contributed by atoms with E-state index in [1.165, 1.54) is 11.3 Å². The average molecular weight is 290 g/mol. The maximum Gasteiger partial charge on any atom is 0.242 e. The monoisotopic (exact) mass is 290 g/mol. The Morgan fingerprint density at radius 2 is 2.00 bits per heavy atom. The molecule has 0 spiro atoms. The Morgan fingerprint density at radius 1 is 1.39 bits per heavy atom.